The fraction of sp³-hybridized carbons (Fsp3) is 1.00. The Morgan fingerprint density at radius 1 is 1.13 bits per heavy atom. The van der Waals surface area contributed by atoms with E-state index in [1.54, 1.807) is 0 Å². The van der Waals surface area contributed by atoms with Crippen molar-refractivity contribution in [3.05, 3.63) is 0 Å². The van der Waals surface area contributed by atoms with Gasteiger partial charge in [0.25, 0.3) is 0 Å². The molecule has 1 heteroatoms. The molecular weight excluding hydrogens is 182 g/mol. The van der Waals surface area contributed by atoms with Crippen molar-refractivity contribution in [3.8, 4) is 0 Å². The van der Waals surface area contributed by atoms with Crippen LogP contribution in [-0.2, 0) is 0 Å². The van der Waals surface area contributed by atoms with Crippen molar-refractivity contribution in [1.82, 2.24) is 5.32 Å². The third kappa shape index (κ3) is 6.19. The van der Waals surface area contributed by atoms with Crippen molar-refractivity contribution < 1.29 is 1.43 Å². The Bertz CT molecular complexity index is 131. The van der Waals surface area contributed by atoms with Crippen molar-refractivity contribution in [2.24, 2.45) is 5.92 Å². The topological polar surface area (TPSA) is 12.0 Å². The molecule has 1 saturated carbocycles. The monoisotopic (exact) mass is 215 g/mol. The van der Waals surface area contributed by atoms with Gasteiger partial charge < -0.3 is 5.32 Å². The van der Waals surface area contributed by atoms with Crippen LogP contribution in [0.25, 0.3) is 0 Å². The highest BCUT2D eigenvalue weighted by atomic mass is 14.9. The molecule has 1 fully saturated rings. The second-order valence-corrected chi connectivity index (χ2v) is 4.60. The Morgan fingerprint density at radius 2 is 1.67 bits per heavy atom. The lowest BCUT2D eigenvalue weighted by molar-refractivity contribution is 0.271. The molecule has 0 heterocycles. The summed E-state index contributed by atoms with van der Waals surface area (Å²) in [5.74, 6) is 1.02. The summed E-state index contributed by atoms with van der Waals surface area (Å²) in [7, 11) is 0. The second-order valence-electron chi connectivity index (χ2n) is 4.60. The highest BCUT2D eigenvalue weighted by Gasteiger charge is 2.20. The molecule has 0 saturated heterocycles. The Morgan fingerprint density at radius 3 is 2.07 bits per heavy atom. The van der Waals surface area contributed by atoms with Crippen LogP contribution in [-0.4, -0.2) is 12.1 Å². The lowest BCUT2D eigenvalue weighted by Crippen LogP contribution is -2.38. The van der Waals surface area contributed by atoms with E-state index < -0.39 is 0 Å². The summed E-state index contributed by atoms with van der Waals surface area (Å²) in [5.41, 5.74) is 0. The van der Waals surface area contributed by atoms with E-state index in [9.17, 15) is 0 Å². The zero-order chi connectivity index (χ0) is 11.7. The van der Waals surface area contributed by atoms with Crippen molar-refractivity contribution in [2.75, 3.05) is 0 Å². The van der Waals surface area contributed by atoms with Crippen LogP contribution in [0.3, 0.4) is 0 Å². The Kier molecular flexibility index (Phi) is 9.18. The van der Waals surface area contributed by atoms with Crippen LogP contribution in [0.1, 0.15) is 74.6 Å². The standard InChI is InChI=1S/C12H25N.C2H6.H2/c1-4-10(3)13-12-8-6-11(5-2)7-9-12;1-2;/h10-13H,4-9H2,1-3H3;1-2H3;1H. The van der Waals surface area contributed by atoms with Gasteiger partial charge in [0.1, 0.15) is 0 Å². The van der Waals surface area contributed by atoms with Crippen LogP contribution in [0.5, 0.6) is 0 Å². The molecule has 0 aliphatic heterocycles. The number of hydrogen-bond acceptors (Lipinski definition) is 1. The van der Waals surface area contributed by atoms with Crippen molar-refractivity contribution in [3.63, 3.8) is 0 Å². The molecule has 0 spiro atoms. The minimum absolute atomic E-state index is 0. The van der Waals surface area contributed by atoms with Crippen LogP contribution in [0, 0.1) is 5.92 Å². The molecule has 1 aliphatic rings. The van der Waals surface area contributed by atoms with E-state index in [-0.39, 0.29) is 1.43 Å². The third-order valence-corrected chi connectivity index (χ3v) is 3.56. The van der Waals surface area contributed by atoms with E-state index in [0.29, 0.717) is 6.04 Å². The molecule has 1 nitrogen and oxygen atoms in total. The Balaban J connectivity index is 0. The molecule has 0 aromatic heterocycles. The zero-order valence-electron chi connectivity index (χ0n) is 11.5. The SMILES string of the molecule is CC.CCC1CCC(NC(C)CC)CC1.[HH]. The normalized spacial score (nSPS) is 27.8. The van der Waals surface area contributed by atoms with Gasteiger partial charge in [-0.2, -0.15) is 0 Å². The van der Waals surface area contributed by atoms with Crippen LogP contribution in [0.2, 0.25) is 0 Å². The molecule has 15 heavy (non-hydrogen) atoms. The first-order valence-corrected chi connectivity index (χ1v) is 7.02. The van der Waals surface area contributed by atoms with E-state index in [0.717, 1.165) is 12.0 Å². The minimum Gasteiger partial charge on any atom is -0.312 e. The smallest absolute Gasteiger partial charge is 0.00697 e. The summed E-state index contributed by atoms with van der Waals surface area (Å²) in [4.78, 5) is 0. The van der Waals surface area contributed by atoms with Gasteiger partial charge in [0.2, 0.25) is 0 Å². The Hall–Kier alpha value is -0.0400. The second kappa shape index (κ2) is 9.21. The molecule has 0 amide bonds. The summed E-state index contributed by atoms with van der Waals surface area (Å²) < 4.78 is 0. The van der Waals surface area contributed by atoms with Gasteiger partial charge in [0.15, 0.2) is 0 Å². The van der Waals surface area contributed by atoms with Gasteiger partial charge in [0, 0.05) is 13.5 Å². The average Bonchev–Trinajstić information content (AvgIpc) is 2.32. The van der Waals surface area contributed by atoms with Crippen LogP contribution in [0.4, 0.5) is 0 Å². The summed E-state index contributed by atoms with van der Waals surface area (Å²) in [6.45, 7) is 10.9. The largest absolute Gasteiger partial charge is 0.312 e. The summed E-state index contributed by atoms with van der Waals surface area (Å²) in [6, 6.07) is 1.53. The highest BCUT2D eigenvalue weighted by Crippen LogP contribution is 2.26. The third-order valence-electron chi connectivity index (χ3n) is 3.56. The van der Waals surface area contributed by atoms with Crippen molar-refractivity contribution >= 4 is 0 Å². The molecule has 0 aromatic carbocycles. The average molecular weight is 215 g/mol. The van der Waals surface area contributed by atoms with Gasteiger partial charge in [-0.05, 0) is 44.9 Å². The molecule has 0 aromatic rings. The molecule has 0 radical (unpaired) electrons. The summed E-state index contributed by atoms with van der Waals surface area (Å²) >= 11 is 0. The first kappa shape index (κ1) is 15.0. The first-order chi connectivity index (χ1) is 7.26. The van der Waals surface area contributed by atoms with Crippen LogP contribution >= 0.6 is 0 Å². The van der Waals surface area contributed by atoms with Crippen LogP contribution < -0.4 is 5.32 Å². The molecule has 0 bridgehead atoms. The van der Waals surface area contributed by atoms with Gasteiger partial charge in [-0.3, -0.25) is 0 Å². The predicted molar refractivity (Wildman–Crippen MR) is 72.4 cm³/mol. The maximum Gasteiger partial charge on any atom is 0.00697 e. The predicted octanol–water partition coefficient (Wildman–Crippen LogP) is 4.62. The van der Waals surface area contributed by atoms with Gasteiger partial charge in [-0.1, -0.05) is 34.1 Å². The fourth-order valence-corrected chi connectivity index (χ4v) is 2.26. The molecule has 1 rings (SSSR count). The number of hydrogen-bond donors (Lipinski definition) is 1. The molecule has 1 unspecified atom stereocenters. The van der Waals surface area contributed by atoms with E-state index >= 15 is 0 Å². The molecule has 1 aliphatic carbocycles. The quantitative estimate of drug-likeness (QED) is 0.722. The minimum atomic E-state index is 0. The number of nitrogens with one attached hydrogen (secondary N) is 1. The zero-order valence-corrected chi connectivity index (χ0v) is 11.5. The van der Waals surface area contributed by atoms with E-state index in [1.165, 1.54) is 38.5 Å². The highest BCUT2D eigenvalue weighted by molar-refractivity contribution is 4.78. The summed E-state index contributed by atoms with van der Waals surface area (Å²) in [6.07, 6.45) is 8.35. The first-order valence-electron chi connectivity index (χ1n) is 7.02. The Labute approximate surface area is 98.5 Å². The van der Waals surface area contributed by atoms with E-state index in [4.69, 9.17) is 0 Å². The van der Waals surface area contributed by atoms with Crippen LogP contribution in [0.15, 0.2) is 0 Å². The maximum atomic E-state index is 3.71. The van der Waals surface area contributed by atoms with Gasteiger partial charge in [-0.25, -0.2) is 0 Å². The van der Waals surface area contributed by atoms with E-state index in [1.807, 2.05) is 13.8 Å². The maximum absolute atomic E-state index is 3.71. The van der Waals surface area contributed by atoms with E-state index in [2.05, 4.69) is 26.1 Å². The van der Waals surface area contributed by atoms with Crippen molar-refractivity contribution in [1.29, 1.82) is 0 Å². The fourth-order valence-electron chi connectivity index (χ4n) is 2.26. The lowest BCUT2D eigenvalue weighted by Gasteiger charge is -2.30. The van der Waals surface area contributed by atoms with Gasteiger partial charge in [-0.15, -0.1) is 0 Å². The molecule has 1 N–H and O–H groups in total. The molecule has 1 atom stereocenters. The van der Waals surface area contributed by atoms with Crippen molar-refractivity contribution in [2.45, 2.75) is 85.2 Å². The molecular formula is C14H33N. The number of rotatable bonds is 4. The summed E-state index contributed by atoms with van der Waals surface area (Å²) in [5, 5.41) is 3.71. The molecule has 94 valence electrons. The van der Waals surface area contributed by atoms with Gasteiger partial charge >= 0.3 is 0 Å². The lowest BCUT2D eigenvalue weighted by atomic mass is 9.84. The van der Waals surface area contributed by atoms with Gasteiger partial charge in [0.05, 0.1) is 0 Å².